The highest BCUT2D eigenvalue weighted by Crippen LogP contribution is 2.45. The van der Waals surface area contributed by atoms with Gasteiger partial charge in [0.1, 0.15) is 11.2 Å². The summed E-state index contributed by atoms with van der Waals surface area (Å²) in [4.78, 5) is 8.64. The molecule has 0 bridgehead atoms. The van der Waals surface area contributed by atoms with E-state index in [1.807, 2.05) is 6.07 Å². The SMILES string of the molecule is CC(C)c1ccnc(C2(C#N)CC2)n1. The van der Waals surface area contributed by atoms with Gasteiger partial charge in [-0.3, -0.25) is 0 Å². The maximum absolute atomic E-state index is 9.01. The van der Waals surface area contributed by atoms with E-state index in [1.165, 1.54) is 0 Å². The van der Waals surface area contributed by atoms with Gasteiger partial charge in [0.2, 0.25) is 0 Å². The van der Waals surface area contributed by atoms with Crippen LogP contribution in [0.1, 0.15) is 44.1 Å². The molecule has 14 heavy (non-hydrogen) atoms. The van der Waals surface area contributed by atoms with Crippen LogP contribution in [0, 0.1) is 11.3 Å². The number of nitriles is 1. The molecule has 3 nitrogen and oxygen atoms in total. The summed E-state index contributed by atoms with van der Waals surface area (Å²) in [6.07, 6.45) is 3.57. The molecule has 1 fully saturated rings. The van der Waals surface area contributed by atoms with Gasteiger partial charge in [-0.2, -0.15) is 5.26 Å². The third kappa shape index (κ3) is 1.37. The van der Waals surface area contributed by atoms with Gasteiger partial charge in [0.25, 0.3) is 0 Å². The van der Waals surface area contributed by atoms with E-state index in [9.17, 15) is 0 Å². The standard InChI is InChI=1S/C11H13N3/c1-8(2)9-3-6-13-10(14-9)11(7-12)4-5-11/h3,6,8H,4-5H2,1-2H3. The van der Waals surface area contributed by atoms with Gasteiger partial charge >= 0.3 is 0 Å². The Labute approximate surface area is 83.8 Å². The van der Waals surface area contributed by atoms with Crippen LogP contribution in [0.5, 0.6) is 0 Å². The monoisotopic (exact) mass is 187 g/mol. The van der Waals surface area contributed by atoms with E-state index in [0.717, 1.165) is 18.5 Å². The molecule has 72 valence electrons. The van der Waals surface area contributed by atoms with Crippen LogP contribution in [0.15, 0.2) is 12.3 Å². The second-order valence-corrected chi connectivity index (χ2v) is 4.15. The predicted molar refractivity (Wildman–Crippen MR) is 52.6 cm³/mol. The van der Waals surface area contributed by atoms with Crippen LogP contribution in [0.2, 0.25) is 0 Å². The van der Waals surface area contributed by atoms with Crippen molar-refractivity contribution >= 4 is 0 Å². The van der Waals surface area contributed by atoms with Crippen molar-refractivity contribution in [1.82, 2.24) is 9.97 Å². The Morgan fingerprint density at radius 2 is 2.21 bits per heavy atom. The van der Waals surface area contributed by atoms with Crippen LogP contribution in [0.3, 0.4) is 0 Å². The van der Waals surface area contributed by atoms with Crippen molar-refractivity contribution in [2.75, 3.05) is 0 Å². The molecule has 0 radical (unpaired) electrons. The van der Waals surface area contributed by atoms with Gasteiger partial charge in [0.05, 0.1) is 6.07 Å². The van der Waals surface area contributed by atoms with E-state index in [2.05, 4.69) is 29.9 Å². The van der Waals surface area contributed by atoms with Gasteiger partial charge in [0, 0.05) is 11.9 Å². The zero-order valence-electron chi connectivity index (χ0n) is 8.49. The second-order valence-electron chi connectivity index (χ2n) is 4.15. The Morgan fingerprint density at radius 1 is 1.50 bits per heavy atom. The molecule has 1 aromatic heterocycles. The molecule has 1 heterocycles. The Bertz CT molecular complexity index is 386. The third-order valence-corrected chi connectivity index (χ3v) is 2.66. The summed E-state index contributed by atoms with van der Waals surface area (Å²) in [6, 6.07) is 4.23. The summed E-state index contributed by atoms with van der Waals surface area (Å²) in [6.45, 7) is 4.19. The number of aromatic nitrogens is 2. The Kier molecular flexibility index (Phi) is 1.99. The lowest BCUT2D eigenvalue weighted by molar-refractivity contribution is 0.740. The Balaban J connectivity index is 2.37. The van der Waals surface area contributed by atoms with Gasteiger partial charge in [-0.05, 0) is 24.8 Å². The van der Waals surface area contributed by atoms with Crippen molar-refractivity contribution in [3.8, 4) is 6.07 Å². The average molecular weight is 187 g/mol. The smallest absolute Gasteiger partial charge is 0.148 e. The van der Waals surface area contributed by atoms with Crippen LogP contribution in [0.4, 0.5) is 0 Å². The molecule has 0 saturated heterocycles. The molecule has 0 amide bonds. The van der Waals surface area contributed by atoms with Gasteiger partial charge in [-0.1, -0.05) is 13.8 Å². The summed E-state index contributed by atoms with van der Waals surface area (Å²) in [7, 11) is 0. The first-order valence-corrected chi connectivity index (χ1v) is 4.93. The Morgan fingerprint density at radius 3 is 2.71 bits per heavy atom. The van der Waals surface area contributed by atoms with Crippen LogP contribution in [0.25, 0.3) is 0 Å². The van der Waals surface area contributed by atoms with Crippen LogP contribution in [-0.2, 0) is 5.41 Å². The molecule has 0 aromatic carbocycles. The lowest BCUT2D eigenvalue weighted by Crippen LogP contribution is -2.10. The highest BCUT2D eigenvalue weighted by atomic mass is 14.9. The van der Waals surface area contributed by atoms with Gasteiger partial charge in [-0.25, -0.2) is 9.97 Å². The van der Waals surface area contributed by atoms with Gasteiger partial charge < -0.3 is 0 Å². The normalized spacial score (nSPS) is 17.9. The molecule has 0 aliphatic heterocycles. The molecule has 2 rings (SSSR count). The van der Waals surface area contributed by atoms with Gasteiger partial charge in [-0.15, -0.1) is 0 Å². The summed E-state index contributed by atoms with van der Waals surface area (Å²) in [5.74, 6) is 1.11. The first kappa shape index (κ1) is 9.14. The molecule has 0 spiro atoms. The van der Waals surface area contributed by atoms with E-state index in [1.54, 1.807) is 6.20 Å². The zero-order chi connectivity index (χ0) is 10.2. The fraction of sp³-hybridized carbons (Fsp3) is 0.545. The summed E-state index contributed by atoms with van der Waals surface area (Å²) in [5, 5.41) is 9.01. The van der Waals surface area contributed by atoms with E-state index in [-0.39, 0.29) is 5.41 Å². The first-order chi connectivity index (χ1) is 6.68. The highest BCUT2D eigenvalue weighted by molar-refractivity contribution is 5.30. The fourth-order valence-electron chi connectivity index (χ4n) is 1.44. The lowest BCUT2D eigenvalue weighted by Gasteiger charge is -2.08. The molecule has 0 unspecified atom stereocenters. The molecular formula is C11H13N3. The minimum atomic E-state index is -0.356. The molecule has 1 saturated carbocycles. The van der Waals surface area contributed by atoms with Crippen LogP contribution < -0.4 is 0 Å². The molecule has 1 aliphatic rings. The topological polar surface area (TPSA) is 49.6 Å². The quantitative estimate of drug-likeness (QED) is 0.712. The minimum Gasteiger partial charge on any atom is -0.240 e. The van der Waals surface area contributed by atoms with Crippen molar-refractivity contribution in [3.63, 3.8) is 0 Å². The largest absolute Gasteiger partial charge is 0.240 e. The maximum Gasteiger partial charge on any atom is 0.148 e. The van der Waals surface area contributed by atoms with Gasteiger partial charge in [0.15, 0.2) is 0 Å². The van der Waals surface area contributed by atoms with E-state index >= 15 is 0 Å². The third-order valence-electron chi connectivity index (χ3n) is 2.66. The maximum atomic E-state index is 9.01. The van der Waals surface area contributed by atoms with Crippen molar-refractivity contribution in [3.05, 3.63) is 23.8 Å². The fourth-order valence-corrected chi connectivity index (χ4v) is 1.44. The molecular weight excluding hydrogens is 174 g/mol. The number of nitrogens with zero attached hydrogens (tertiary/aromatic N) is 3. The van der Waals surface area contributed by atoms with Crippen LogP contribution in [-0.4, -0.2) is 9.97 Å². The van der Waals surface area contributed by atoms with Crippen molar-refractivity contribution in [2.45, 2.75) is 38.0 Å². The Hall–Kier alpha value is -1.43. The molecule has 0 atom stereocenters. The zero-order valence-corrected chi connectivity index (χ0v) is 8.49. The van der Waals surface area contributed by atoms with E-state index in [4.69, 9.17) is 5.26 Å². The summed E-state index contributed by atoms with van der Waals surface area (Å²) >= 11 is 0. The second kappa shape index (κ2) is 3.06. The molecule has 1 aliphatic carbocycles. The molecule has 3 heteroatoms. The highest BCUT2D eigenvalue weighted by Gasteiger charge is 2.47. The number of hydrogen-bond acceptors (Lipinski definition) is 3. The first-order valence-electron chi connectivity index (χ1n) is 4.93. The molecule has 1 aromatic rings. The average Bonchev–Trinajstić information content (AvgIpc) is 2.98. The van der Waals surface area contributed by atoms with E-state index < -0.39 is 0 Å². The minimum absolute atomic E-state index is 0.356. The number of rotatable bonds is 2. The summed E-state index contributed by atoms with van der Waals surface area (Å²) in [5.41, 5.74) is 0.668. The van der Waals surface area contributed by atoms with Crippen molar-refractivity contribution in [1.29, 1.82) is 5.26 Å². The number of hydrogen-bond donors (Lipinski definition) is 0. The van der Waals surface area contributed by atoms with Crippen LogP contribution >= 0.6 is 0 Å². The van der Waals surface area contributed by atoms with E-state index in [0.29, 0.717) is 11.7 Å². The summed E-state index contributed by atoms with van der Waals surface area (Å²) < 4.78 is 0. The predicted octanol–water partition coefficient (Wildman–Crippen LogP) is 2.16. The van der Waals surface area contributed by atoms with Crippen molar-refractivity contribution < 1.29 is 0 Å². The lowest BCUT2D eigenvalue weighted by atomic mass is 10.1. The molecule has 0 N–H and O–H groups in total. The van der Waals surface area contributed by atoms with Crippen molar-refractivity contribution in [2.24, 2.45) is 0 Å².